The van der Waals surface area contributed by atoms with Gasteiger partial charge in [-0.1, -0.05) is 41.5 Å². The highest BCUT2D eigenvalue weighted by atomic mass is 28.4. The summed E-state index contributed by atoms with van der Waals surface area (Å²) in [4.78, 5) is 0. The highest BCUT2D eigenvalue weighted by Crippen LogP contribution is 2.46. The first kappa shape index (κ1) is 29.0. The number of ether oxygens (including phenoxy) is 2. The van der Waals surface area contributed by atoms with Gasteiger partial charge in [-0.05, 0) is 49.3 Å². The topological polar surface area (TPSA) is 83.2 Å². The van der Waals surface area contributed by atoms with Crippen LogP contribution in [0, 0.1) is 6.92 Å². The minimum absolute atomic E-state index is 0.00259. The lowest BCUT2D eigenvalue weighted by atomic mass is 9.98. The average molecular weight is 486 g/mol. The smallest absolute Gasteiger partial charge is 0.192 e. The van der Waals surface area contributed by atoms with Crippen molar-refractivity contribution in [3.63, 3.8) is 0 Å². The first-order valence-electron chi connectivity index (χ1n) is 11.8. The van der Waals surface area contributed by atoms with Crippen LogP contribution in [0.15, 0.2) is 6.07 Å². The van der Waals surface area contributed by atoms with Gasteiger partial charge in [0.05, 0.1) is 33.0 Å². The van der Waals surface area contributed by atoms with Gasteiger partial charge in [-0.2, -0.15) is 0 Å². The minimum Gasteiger partial charge on any atom is -0.504 e. The van der Waals surface area contributed by atoms with E-state index >= 15 is 0 Å². The van der Waals surface area contributed by atoms with Gasteiger partial charge >= 0.3 is 0 Å². The van der Waals surface area contributed by atoms with E-state index in [0.717, 1.165) is 29.3 Å². The fourth-order valence-corrected chi connectivity index (χ4v) is 7.77. The largest absolute Gasteiger partial charge is 0.504 e. The summed E-state index contributed by atoms with van der Waals surface area (Å²) in [6, 6.07) is 4.46. The Kier molecular flexibility index (Phi) is 10.3. The van der Waals surface area contributed by atoms with Crippen LogP contribution >= 0.6 is 0 Å². The zero-order chi connectivity index (χ0) is 24.9. The molecule has 3 N–H and O–H groups in total. The Morgan fingerprint density at radius 1 is 1.00 bits per heavy atom. The normalized spacial score (nSPS) is 14.9. The minimum atomic E-state index is -2.20. The molecule has 0 saturated carbocycles. The van der Waals surface area contributed by atoms with Crippen LogP contribution in [0.4, 0.5) is 0 Å². The second-order valence-electron chi connectivity index (χ2n) is 10.2. The van der Waals surface area contributed by atoms with E-state index in [1.165, 1.54) is 7.11 Å². The zero-order valence-electron chi connectivity index (χ0n) is 22.2. The monoisotopic (exact) mass is 485 g/mol. The lowest BCUT2D eigenvalue weighted by molar-refractivity contribution is 0.117. The van der Waals surface area contributed by atoms with E-state index in [9.17, 15) is 5.11 Å². The van der Waals surface area contributed by atoms with Gasteiger partial charge < -0.3 is 29.2 Å². The zero-order valence-corrected chi connectivity index (χ0v) is 24.2. The molecule has 186 valence electrons. The Balaban J connectivity index is 3.52. The number of rotatable bonds is 12. The lowest BCUT2D eigenvalue weighted by Crippen LogP contribution is -2.48. The molecule has 8 heteroatoms. The molecule has 1 aromatic carbocycles. The van der Waals surface area contributed by atoms with Crippen LogP contribution in [0.5, 0.6) is 17.2 Å². The van der Waals surface area contributed by atoms with Crippen molar-refractivity contribution in [2.45, 2.75) is 96.9 Å². The van der Waals surface area contributed by atoms with Gasteiger partial charge in [0.1, 0.15) is 5.75 Å². The number of benzene rings is 1. The van der Waals surface area contributed by atoms with E-state index in [-0.39, 0.29) is 10.8 Å². The van der Waals surface area contributed by atoms with Crippen LogP contribution in [0.25, 0.3) is 0 Å². The number of phenols is 1. The summed E-state index contributed by atoms with van der Waals surface area (Å²) in [5, 5.41) is 10.7. The van der Waals surface area contributed by atoms with Crippen LogP contribution in [-0.4, -0.2) is 48.6 Å². The molecule has 0 radical (unpaired) electrons. The molecule has 0 heterocycles. The van der Waals surface area contributed by atoms with E-state index in [1.54, 1.807) is 13.2 Å². The van der Waals surface area contributed by atoms with Gasteiger partial charge in [-0.25, -0.2) is 0 Å². The summed E-state index contributed by atoms with van der Waals surface area (Å²) >= 11 is 0. The number of nitrogens with two attached hydrogens (primary N) is 1. The summed E-state index contributed by atoms with van der Waals surface area (Å²) in [5.74, 6) is 1.08. The fraction of sp³-hybridized carbons (Fsp3) is 0.750. The summed E-state index contributed by atoms with van der Waals surface area (Å²) in [7, 11) is -0.845. The molecule has 0 bridgehead atoms. The third-order valence-corrected chi connectivity index (χ3v) is 16.4. The Morgan fingerprint density at radius 3 is 1.91 bits per heavy atom. The second kappa shape index (κ2) is 11.4. The predicted molar refractivity (Wildman–Crippen MR) is 138 cm³/mol. The quantitative estimate of drug-likeness (QED) is 0.347. The van der Waals surface area contributed by atoms with Gasteiger partial charge in [-0.3, -0.25) is 0 Å². The fourth-order valence-electron chi connectivity index (χ4n) is 3.82. The van der Waals surface area contributed by atoms with Crippen molar-refractivity contribution in [2.24, 2.45) is 5.73 Å². The van der Waals surface area contributed by atoms with Crippen LogP contribution < -0.4 is 15.2 Å². The van der Waals surface area contributed by atoms with Crippen molar-refractivity contribution in [2.75, 3.05) is 20.8 Å². The number of methoxy groups -OCH3 is 2. The number of hydrogen-bond acceptors (Lipinski definition) is 6. The highest BCUT2D eigenvalue weighted by molar-refractivity contribution is 6.74. The summed E-state index contributed by atoms with van der Waals surface area (Å²) in [6.45, 7) is 19.9. The Morgan fingerprint density at radius 2 is 1.50 bits per heavy atom. The molecule has 0 amide bonds. The van der Waals surface area contributed by atoms with Crippen LogP contribution in [0.2, 0.25) is 36.3 Å². The van der Waals surface area contributed by atoms with E-state index in [1.807, 2.05) is 6.92 Å². The van der Waals surface area contributed by atoms with Crippen LogP contribution in [0.3, 0.4) is 0 Å². The summed E-state index contributed by atoms with van der Waals surface area (Å²) in [6.07, 6.45) is -0.474. The standard InChI is InChI=1S/C24H47NO5Si2/c1-12-32(13-2,14-3)29-16-19(25)23(30-31(10,11)24(5,6)7)18-15-20(26)22(28-9)17(4)21(18)27-8/h15,19,23,26H,12-14,16,25H2,1-11H3/t19-,23-/m1/s1. The molecule has 0 unspecified atom stereocenters. The Labute approximate surface area is 198 Å². The molecule has 0 aromatic heterocycles. The molecular weight excluding hydrogens is 438 g/mol. The Hall–Kier alpha value is -1.07. The maximum Gasteiger partial charge on any atom is 0.192 e. The van der Waals surface area contributed by atoms with Crippen molar-refractivity contribution < 1.29 is 23.4 Å². The third kappa shape index (κ3) is 6.29. The maximum atomic E-state index is 10.7. The number of hydrogen-bond donors (Lipinski definition) is 2. The molecule has 1 rings (SSSR count). The molecule has 0 saturated heterocycles. The van der Waals surface area contributed by atoms with Gasteiger partial charge in [0.15, 0.2) is 28.1 Å². The maximum absolute atomic E-state index is 10.7. The average Bonchev–Trinajstić information content (AvgIpc) is 2.72. The Bertz CT molecular complexity index is 737. The highest BCUT2D eigenvalue weighted by Gasteiger charge is 2.42. The molecular formula is C24H47NO5Si2. The first-order chi connectivity index (χ1) is 14.7. The first-order valence-corrected chi connectivity index (χ1v) is 17.2. The van der Waals surface area contributed by atoms with Crippen LogP contribution in [-0.2, 0) is 8.85 Å². The molecule has 0 aliphatic carbocycles. The van der Waals surface area contributed by atoms with Crippen molar-refractivity contribution in [3.05, 3.63) is 17.2 Å². The molecule has 0 aliphatic rings. The van der Waals surface area contributed by atoms with Crippen molar-refractivity contribution in [1.82, 2.24) is 0 Å². The molecule has 0 spiro atoms. The lowest BCUT2D eigenvalue weighted by Gasteiger charge is -2.42. The molecule has 2 atom stereocenters. The SMILES string of the molecule is CC[Si](CC)(CC)OC[C@@H](N)[C@H](O[Si](C)(C)C(C)(C)C)c1cc(O)c(OC)c(C)c1OC. The van der Waals surface area contributed by atoms with Gasteiger partial charge in [0.2, 0.25) is 0 Å². The predicted octanol–water partition coefficient (Wildman–Crippen LogP) is 6.13. The molecule has 6 nitrogen and oxygen atoms in total. The van der Waals surface area contributed by atoms with Gasteiger partial charge in [-0.15, -0.1) is 0 Å². The van der Waals surface area contributed by atoms with Crippen molar-refractivity contribution in [1.29, 1.82) is 0 Å². The van der Waals surface area contributed by atoms with Crippen molar-refractivity contribution in [3.8, 4) is 17.2 Å². The van der Waals surface area contributed by atoms with E-state index in [0.29, 0.717) is 18.1 Å². The molecule has 1 aromatic rings. The number of aromatic hydroxyl groups is 1. The van der Waals surface area contributed by atoms with Gasteiger partial charge in [0.25, 0.3) is 0 Å². The number of phenolic OH excluding ortho intramolecular Hbond substituents is 1. The third-order valence-electron chi connectivity index (χ3n) is 7.31. The van der Waals surface area contributed by atoms with E-state index in [2.05, 4.69) is 54.6 Å². The van der Waals surface area contributed by atoms with Gasteiger partial charge in [0, 0.05) is 11.1 Å². The van der Waals surface area contributed by atoms with E-state index < -0.39 is 28.8 Å². The molecule has 0 aliphatic heterocycles. The molecule has 0 fully saturated rings. The van der Waals surface area contributed by atoms with E-state index in [4.69, 9.17) is 24.1 Å². The second-order valence-corrected chi connectivity index (χ2v) is 19.7. The summed E-state index contributed by atoms with van der Waals surface area (Å²) in [5.41, 5.74) is 8.25. The molecule has 32 heavy (non-hydrogen) atoms. The van der Waals surface area contributed by atoms with Crippen LogP contribution in [0.1, 0.15) is 58.8 Å². The summed E-state index contributed by atoms with van der Waals surface area (Å²) < 4.78 is 24.6. The van der Waals surface area contributed by atoms with Crippen molar-refractivity contribution >= 4 is 16.6 Å².